The molecule has 0 bridgehead atoms. The zero-order valence-electron chi connectivity index (χ0n) is 28.0. The minimum Gasteiger partial charge on any atom is -0.496 e. The van der Waals surface area contributed by atoms with Crippen molar-refractivity contribution < 1.29 is 41.1 Å². The van der Waals surface area contributed by atoms with Crippen molar-refractivity contribution in [1.29, 1.82) is 0 Å². The molecule has 1 atom stereocenters. The van der Waals surface area contributed by atoms with Crippen LogP contribution in [-0.4, -0.2) is 71.1 Å². The van der Waals surface area contributed by atoms with Gasteiger partial charge in [-0.2, -0.15) is 8.42 Å². The minimum atomic E-state index is -4.09. The number of aryl methyl sites for hydroxylation is 1. The summed E-state index contributed by atoms with van der Waals surface area (Å²) in [5.41, 5.74) is 1.66. The molecule has 1 aliphatic rings. The molecule has 0 aromatic heterocycles. The van der Waals surface area contributed by atoms with E-state index in [1.54, 1.807) is 61.4 Å². The summed E-state index contributed by atoms with van der Waals surface area (Å²) < 4.78 is 61.3. The fourth-order valence-corrected chi connectivity index (χ4v) is 6.39. The SMILES string of the molecule is COc1ccccc1COCCCOc1ccc(C(COC2CCN(C(=O)OC(C)(C)C)CC2)OS(=O)(=O)c2ccccc2C)cc1. The molecular weight excluding hydrogens is 622 g/mol. The van der Waals surface area contributed by atoms with Crippen molar-refractivity contribution in [2.75, 3.05) is 40.0 Å². The molecule has 0 saturated carbocycles. The zero-order valence-corrected chi connectivity index (χ0v) is 28.8. The average molecular weight is 670 g/mol. The van der Waals surface area contributed by atoms with Crippen LogP contribution in [0.25, 0.3) is 0 Å². The van der Waals surface area contributed by atoms with Crippen molar-refractivity contribution in [2.24, 2.45) is 0 Å². The van der Waals surface area contributed by atoms with Crippen LogP contribution in [0.3, 0.4) is 0 Å². The number of methoxy groups -OCH3 is 1. The number of para-hydroxylation sites is 1. The molecule has 1 aliphatic heterocycles. The Morgan fingerprint density at radius 1 is 0.936 bits per heavy atom. The molecule has 11 heteroatoms. The van der Waals surface area contributed by atoms with Crippen molar-refractivity contribution in [3.05, 3.63) is 89.5 Å². The maximum atomic E-state index is 13.4. The number of piperidine rings is 1. The van der Waals surface area contributed by atoms with Crippen LogP contribution in [0.2, 0.25) is 0 Å². The maximum absolute atomic E-state index is 13.4. The van der Waals surface area contributed by atoms with E-state index in [-0.39, 0.29) is 23.7 Å². The minimum absolute atomic E-state index is 0.0198. The predicted octanol–water partition coefficient (Wildman–Crippen LogP) is 6.85. The summed E-state index contributed by atoms with van der Waals surface area (Å²) in [6, 6.07) is 21.6. The van der Waals surface area contributed by atoms with Gasteiger partial charge in [0.05, 0.1) is 44.5 Å². The van der Waals surface area contributed by atoms with E-state index >= 15 is 0 Å². The summed E-state index contributed by atoms with van der Waals surface area (Å²) in [6.07, 6.45) is 0.509. The van der Waals surface area contributed by atoms with E-state index in [4.69, 9.17) is 27.9 Å². The number of likely N-dealkylation sites (tertiary alicyclic amines) is 1. The molecule has 1 amide bonds. The molecule has 3 aromatic rings. The molecule has 47 heavy (non-hydrogen) atoms. The van der Waals surface area contributed by atoms with E-state index in [1.165, 1.54) is 6.07 Å². The highest BCUT2D eigenvalue weighted by molar-refractivity contribution is 7.86. The number of carbonyl (C=O) groups excluding carboxylic acids is 1. The molecule has 1 saturated heterocycles. The first-order chi connectivity index (χ1) is 22.4. The van der Waals surface area contributed by atoms with Crippen LogP contribution in [0.15, 0.2) is 77.7 Å². The number of benzene rings is 3. The second kappa shape index (κ2) is 17.0. The van der Waals surface area contributed by atoms with Crippen molar-refractivity contribution in [2.45, 2.75) is 76.3 Å². The van der Waals surface area contributed by atoms with Gasteiger partial charge >= 0.3 is 6.09 Å². The summed E-state index contributed by atoms with van der Waals surface area (Å²) in [5, 5.41) is 0. The molecular formula is C36H47NO9S. The lowest BCUT2D eigenvalue weighted by Crippen LogP contribution is -2.43. The van der Waals surface area contributed by atoms with Gasteiger partial charge in [0, 0.05) is 25.1 Å². The van der Waals surface area contributed by atoms with E-state index < -0.39 is 21.8 Å². The third-order valence-electron chi connectivity index (χ3n) is 7.59. The molecule has 10 nitrogen and oxygen atoms in total. The number of carbonyl (C=O) groups is 1. The van der Waals surface area contributed by atoms with Crippen molar-refractivity contribution in [3.8, 4) is 11.5 Å². The lowest BCUT2D eigenvalue weighted by atomic mass is 10.1. The van der Waals surface area contributed by atoms with Crippen molar-refractivity contribution in [3.63, 3.8) is 0 Å². The largest absolute Gasteiger partial charge is 0.496 e. The Bertz CT molecular complexity index is 1530. The summed E-state index contributed by atoms with van der Waals surface area (Å²) in [5.74, 6) is 1.45. The highest BCUT2D eigenvalue weighted by Gasteiger charge is 2.30. The lowest BCUT2D eigenvalue weighted by molar-refractivity contribution is -0.0337. The number of ether oxygens (including phenoxy) is 5. The standard InChI is InChI=1S/C36H47NO9S/c1-27-11-6-9-14-34(27)47(39,40)46-33(26-44-31-19-21-37(22-20-31)35(38)45-36(2,3)4)28-15-17-30(18-16-28)43-24-10-23-42-25-29-12-7-8-13-32(29)41-5/h6-9,11-18,31,33H,10,19-26H2,1-5H3. The predicted molar refractivity (Wildman–Crippen MR) is 178 cm³/mol. The molecule has 1 heterocycles. The Labute approximate surface area is 279 Å². The number of nitrogens with zero attached hydrogens (tertiary/aromatic N) is 1. The van der Waals surface area contributed by atoms with Crippen LogP contribution < -0.4 is 9.47 Å². The smallest absolute Gasteiger partial charge is 0.410 e. The molecule has 256 valence electrons. The van der Waals surface area contributed by atoms with Gasteiger partial charge in [0.1, 0.15) is 23.2 Å². The van der Waals surface area contributed by atoms with Crippen molar-refractivity contribution >= 4 is 16.2 Å². The Kier molecular flexibility index (Phi) is 13.1. The summed E-state index contributed by atoms with van der Waals surface area (Å²) in [7, 11) is -2.45. The average Bonchev–Trinajstić information content (AvgIpc) is 3.04. The van der Waals surface area contributed by atoms with Gasteiger partial charge < -0.3 is 28.6 Å². The molecule has 1 unspecified atom stereocenters. The Morgan fingerprint density at radius 3 is 2.30 bits per heavy atom. The Morgan fingerprint density at radius 2 is 1.62 bits per heavy atom. The van der Waals surface area contributed by atoms with Crippen LogP contribution in [0.4, 0.5) is 4.79 Å². The van der Waals surface area contributed by atoms with Gasteiger partial charge in [-0.15, -0.1) is 0 Å². The molecule has 0 radical (unpaired) electrons. The van der Waals surface area contributed by atoms with Crippen molar-refractivity contribution in [1.82, 2.24) is 4.90 Å². The van der Waals surface area contributed by atoms with E-state index in [1.807, 2.05) is 45.0 Å². The second-order valence-electron chi connectivity index (χ2n) is 12.4. The first-order valence-corrected chi connectivity index (χ1v) is 17.4. The topological polar surface area (TPSA) is 110 Å². The lowest BCUT2D eigenvalue weighted by Gasteiger charge is -2.33. The fraction of sp³-hybridized carbons (Fsp3) is 0.472. The van der Waals surface area contributed by atoms with Gasteiger partial charge in [-0.25, -0.2) is 4.79 Å². The van der Waals surface area contributed by atoms with Gasteiger partial charge in [-0.05, 0) is 75.9 Å². The molecule has 3 aromatic carbocycles. The van der Waals surface area contributed by atoms with Crippen LogP contribution in [-0.2, 0) is 35.1 Å². The van der Waals surface area contributed by atoms with Gasteiger partial charge in [0.15, 0.2) is 0 Å². The molecule has 0 spiro atoms. The van der Waals surface area contributed by atoms with Gasteiger partial charge in [-0.1, -0.05) is 48.5 Å². The van der Waals surface area contributed by atoms with E-state index in [0.717, 1.165) is 11.3 Å². The molecule has 0 aliphatic carbocycles. The monoisotopic (exact) mass is 669 g/mol. The number of amides is 1. The third-order valence-corrected chi connectivity index (χ3v) is 9.07. The van der Waals surface area contributed by atoms with Crippen LogP contribution >= 0.6 is 0 Å². The van der Waals surface area contributed by atoms with Gasteiger partial charge in [-0.3, -0.25) is 4.18 Å². The fourth-order valence-electron chi connectivity index (χ4n) is 5.11. The second-order valence-corrected chi connectivity index (χ2v) is 14.0. The zero-order chi connectivity index (χ0) is 33.9. The summed E-state index contributed by atoms with van der Waals surface area (Å²) in [6.45, 7) is 9.69. The first kappa shape index (κ1) is 36.2. The number of hydrogen-bond donors (Lipinski definition) is 0. The van der Waals surface area contributed by atoms with Crippen LogP contribution in [0, 0.1) is 6.92 Å². The van der Waals surface area contributed by atoms with Crippen LogP contribution in [0.5, 0.6) is 11.5 Å². The van der Waals surface area contributed by atoms with E-state index in [0.29, 0.717) is 69.0 Å². The summed E-state index contributed by atoms with van der Waals surface area (Å²) >= 11 is 0. The normalized spacial score (nSPS) is 14.9. The number of rotatable bonds is 15. The van der Waals surface area contributed by atoms with Gasteiger partial charge in [0.2, 0.25) is 0 Å². The first-order valence-electron chi connectivity index (χ1n) is 16.0. The Balaban J connectivity index is 1.33. The van der Waals surface area contributed by atoms with Crippen LogP contribution in [0.1, 0.15) is 62.8 Å². The third kappa shape index (κ3) is 11.2. The molecule has 0 N–H and O–H groups in total. The van der Waals surface area contributed by atoms with Gasteiger partial charge in [0.25, 0.3) is 10.1 Å². The van der Waals surface area contributed by atoms with E-state index in [2.05, 4.69) is 0 Å². The maximum Gasteiger partial charge on any atom is 0.410 e. The highest BCUT2D eigenvalue weighted by atomic mass is 32.2. The number of hydrogen-bond acceptors (Lipinski definition) is 9. The van der Waals surface area contributed by atoms with E-state index in [9.17, 15) is 13.2 Å². The molecule has 4 rings (SSSR count). The summed E-state index contributed by atoms with van der Waals surface area (Å²) in [4.78, 5) is 14.2. The Hall–Kier alpha value is -3.64. The quantitative estimate of drug-likeness (QED) is 0.127. The molecule has 1 fully saturated rings. The highest BCUT2D eigenvalue weighted by Crippen LogP contribution is 2.29.